The molecule has 0 aliphatic carbocycles. The van der Waals surface area contributed by atoms with Gasteiger partial charge in [-0.2, -0.15) is 0 Å². The first kappa shape index (κ1) is 28.2. The van der Waals surface area contributed by atoms with Crippen molar-refractivity contribution in [1.82, 2.24) is 4.90 Å². The largest absolute Gasteiger partial charge is 0.497 e. The van der Waals surface area contributed by atoms with Crippen LogP contribution in [0.3, 0.4) is 0 Å². The second kappa shape index (κ2) is 10.9. The molecule has 3 aliphatic heterocycles. The van der Waals surface area contributed by atoms with Gasteiger partial charge in [0.15, 0.2) is 0 Å². The van der Waals surface area contributed by atoms with Crippen LogP contribution in [0.1, 0.15) is 38.3 Å². The van der Waals surface area contributed by atoms with Crippen molar-refractivity contribution >= 4 is 35.2 Å². The average molecular weight is 565 g/mol. The molecule has 0 aromatic heterocycles. The fourth-order valence-electron chi connectivity index (χ4n) is 6.96. The number of rotatable bonds is 10. The van der Waals surface area contributed by atoms with Gasteiger partial charge in [-0.1, -0.05) is 36.4 Å². The van der Waals surface area contributed by atoms with Crippen molar-refractivity contribution in [1.29, 1.82) is 0 Å². The van der Waals surface area contributed by atoms with Gasteiger partial charge in [-0.15, -0.1) is 18.3 Å². The van der Waals surface area contributed by atoms with Crippen molar-refractivity contribution in [3.63, 3.8) is 0 Å². The number of carbonyl (C=O) groups is 3. The highest BCUT2D eigenvalue weighted by molar-refractivity contribution is 8.02. The highest BCUT2D eigenvalue weighted by Crippen LogP contribution is 2.72. The summed E-state index contributed by atoms with van der Waals surface area (Å²) in [5.74, 6) is -1.71. The van der Waals surface area contributed by atoms with Crippen molar-refractivity contribution in [3.05, 3.63) is 72.8 Å². The Balaban J connectivity index is 1.65. The summed E-state index contributed by atoms with van der Waals surface area (Å²) in [6, 6.07) is 14.8. The van der Waals surface area contributed by atoms with Crippen molar-refractivity contribution < 1.29 is 29.0 Å². The average Bonchev–Trinajstić information content (AvgIpc) is 3.53. The summed E-state index contributed by atoms with van der Waals surface area (Å²) in [6.07, 6.45) is 2.94. The smallest absolute Gasteiger partial charge is 0.311 e. The zero-order valence-electron chi connectivity index (χ0n) is 23.1. The van der Waals surface area contributed by atoms with E-state index in [1.807, 2.05) is 37.3 Å². The fourth-order valence-corrected chi connectivity index (χ4v) is 9.29. The van der Waals surface area contributed by atoms with Crippen LogP contribution in [0.25, 0.3) is 0 Å². The molecule has 1 N–H and O–H groups in total. The quantitative estimate of drug-likeness (QED) is 0.344. The van der Waals surface area contributed by atoms with Gasteiger partial charge in [0.1, 0.15) is 11.8 Å². The highest BCUT2D eigenvalue weighted by Gasteiger charge is 2.78. The minimum absolute atomic E-state index is 0.212. The number of esters is 1. The summed E-state index contributed by atoms with van der Waals surface area (Å²) in [6.45, 7) is 7.72. The number of anilines is 1. The Morgan fingerprint density at radius 3 is 2.50 bits per heavy atom. The Morgan fingerprint density at radius 1 is 1.20 bits per heavy atom. The summed E-state index contributed by atoms with van der Waals surface area (Å²) in [5, 5.41) is 10.7. The lowest BCUT2D eigenvalue weighted by atomic mass is 9.66. The number of likely N-dealkylation sites (tertiary alicyclic amines) is 1. The molecule has 2 amide bonds. The van der Waals surface area contributed by atoms with Gasteiger partial charge in [-0.3, -0.25) is 14.4 Å². The SMILES string of the molecule is C=CCN(C(=O)C1N([C@H](CO)c2ccccc2)C(=O)[C@@H]2[C@H](C(=O)OCC)[C@]3(C)CCC12S3)c1ccc(OC)cc1. The number of benzene rings is 2. The normalized spacial score (nSPS) is 29.1. The zero-order valence-corrected chi connectivity index (χ0v) is 23.9. The number of aliphatic hydroxyl groups is 1. The van der Waals surface area contributed by atoms with Crippen LogP contribution in [0.2, 0.25) is 0 Å². The standard InChI is InChI=1S/C31H36N2O6S/c1-5-18-32(21-12-14-22(38-4)15-13-21)28(36)26-31-17-16-30(3,40-31)25(29(37)39-6-2)24(31)27(35)33(26)23(19-34)20-10-8-7-9-11-20/h5,7-15,23-26,34H,1,6,16-19H2,2-4H3/t23-,24+,25-,26?,30+,31?/m1/s1. The summed E-state index contributed by atoms with van der Waals surface area (Å²) < 4.78 is 9.42. The molecule has 3 saturated heterocycles. The van der Waals surface area contributed by atoms with E-state index in [1.54, 1.807) is 65.9 Å². The van der Waals surface area contributed by atoms with E-state index < -0.39 is 39.4 Å². The van der Waals surface area contributed by atoms with Gasteiger partial charge in [0.25, 0.3) is 5.91 Å². The Morgan fingerprint density at radius 2 is 1.90 bits per heavy atom. The summed E-state index contributed by atoms with van der Waals surface area (Å²) in [7, 11) is 1.58. The summed E-state index contributed by atoms with van der Waals surface area (Å²) in [4.78, 5) is 45.8. The number of nitrogens with zero attached hydrogens (tertiary/aromatic N) is 2. The minimum Gasteiger partial charge on any atom is -0.497 e. The van der Waals surface area contributed by atoms with Crippen LogP contribution in [0.15, 0.2) is 67.3 Å². The molecule has 3 aliphatic rings. The number of ether oxygens (including phenoxy) is 2. The Labute approximate surface area is 239 Å². The molecule has 9 heteroatoms. The predicted octanol–water partition coefficient (Wildman–Crippen LogP) is 3.99. The van der Waals surface area contributed by atoms with Crippen LogP contribution in [0.4, 0.5) is 5.69 Å². The lowest BCUT2D eigenvalue weighted by Crippen LogP contribution is -2.56. The maximum atomic E-state index is 14.8. The number of hydrogen-bond donors (Lipinski definition) is 1. The van der Waals surface area contributed by atoms with Crippen molar-refractivity contribution in [3.8, 4) is 5.75 Å². The van der Waals surface area contributed by atoms with Crippen LogP contribution in [-0.2, 0) is 19.1 Å². The van der Waals surface area contributed by atoms with Crippen LogP contribution < -0.4 is 9.64 Å². The highest BCUT2D eigenvalue weighted by atomic mass is 32.2. The number of thioether (sulfide) groups is 1. The maximum absolute atomic E-state index is 14.8. The lowest BCUT2D eigenvalue weighted by molar-refractivity contribution is -0.155. The minimum atomic E-state index is -0.907. The number of aliphatic hydroxyl groups excluding tert-OH is 1. The first-order valence-corrected chi connectivity index (χ1v) is 14.5. The molecule has 2 aromatic carbocycles. The Hall–Kier alpha value is -3.30. The monoisotopic (exact) mass is 564 g/mol. The fraction of sp³-hybridized carbons (Fsp3) is 0.452. The van der Waals surface area contributed by atoms with E-state index >= 15 is 0 Å². The van der Waals surface area contributed by atoms with E-state index in [0.29, 0.717) is 24.3 Å². The van der Waals surface area contributed by atoms with Gasteiger partial charge in [0.05, 0.1) is 42.9 Å². The van der Waals surface area contributed by atoms with Crippen LogP contribution in [-0.4, -0.2) is 70.2 Å². The van der Waals surface area contributed by atoms with E-state index in [-0.39, 0.29) is 31.6 Å². The van der Waals surface area contributed by atoms with Crippen LogP contribution in [0.5, 0.6) is 5.75 Å². The second-order valence-corrected chi connectivity index (χ2v) is 12.7. The van der Waals surface area contributed by atoms with E-state index in [4.69, 9.17) is 9.47 Å². The first-order valence-electron chi connectivity index (χ1n) is 13.7. The molecule has 3 heterocycles. The molecular weight excluding hydrogens is 528 g/mol. The number of fused-ring (bicyclic) bond motifs is 1. The van der Waals surface area contributed by atoms with Gasteiger partial charge < -0.3 is 24.4 Å². The third-order valence-corrected chi connectivity index (χ3v) is 10.6. The lowest BCUT2D eigenvalue weighted by Gasteiger charge is -2.39. The molecule has 212 valence electrons. The predicted molar refractivity (Wildman–Crippen MR) is 154 cm³/mol. The van der Waals surface area contributed by atoms with E-state index in [1.165, 1.54) is 0 Å². The van der Waals surface area contributed by atoms with E-state index in [0.717, 1.165) is 5.56 Å². The number of methoxy groups -OCH3 is 1. The van der Waals surface area contributed by atoms with Crippen molar-refractivity contribution in [2.75, 3.05) is 31.8 Å². The molecule has 3 fully saturated rings. The Kier molecular flexibility index (Phi) is 7.72. The molecule has 2 aromatic rings. The van der Waals surface area contributed by atoms with Gasteiger partial charge in [-0.05, 0) is 56.5 Å². The van der Waals surface area contributed by atoms with Crippen molar-refractivity contribution in [2.24, 2.45) is 11.8 Å². The second-order valence-electron chi connectivity index (χ2n) is 10.8. The molecule has 2 unspecified atom stereocenters. The van der Waals surface area contributed by atoms with Gasteiger partial charge >= 0.3 is 5.97 Å². The molecule has 0 saturated carbocycles. The number of hydrogen-bond acceptors (Lipinski definition) is 7. The third kappa shape index (κ3) is 4.30. The van der Waals surface area contributed by atoms with E-state index in [2.05, 4.69) is 6.58 Å². The molecule has 1 spiro atoms. The molecule has 0 radical (unpaired) electrons. The Bertz CT molecular complexity index is 1290. The van der Waals surface area contributed by atoms with Crippen LogP contribution >= 0.6 is 11.8 Å². The van der Waals surface area contributed by atoms with Gasteiger partial charge in [0, 0.05) is 17.0 Å². The van der Waals surface area contributed by atoms with Crippen LogP contribution in [0, 0.1) is 11.8 Å². The molecular formula is C31H36N2O6S. The summed E-state index contributed by atoms with van der Waals surface area (Å²) in [5.41, 5.74) is 1.37. The van der Waals surface area contributed by atoms with Gasteiger partial charge in [0.2, 0.25) is 5.91 Å². The number of carbonyl (C=O) groups excluding carboxylic acids is 3. The van der Waals surface area contributed by atoms with Gasteiger partial charge in [-0.25, -0.2) is 0 Å². The molecule has 40 heavy (non-hydrogen) atoms. The molecule has 6 atom stereocenters. The topological polar surface area (TPSA) is 96.4 Å². The number of amides is 2. The van der Waals surface area contributed by atoms with Crippen molar-refractivity contribution in [2.45, 2.75) is 48.3 Å². The third-order valence-electron chi connectivity index (χ3n) is 8.64. The molecule has 5 rings (SSSR count). The molecule has 8 nitrogen and oxygen atoms in total. The first-order chi connectivity index (χ1) is 19.3. The van der Waals surface area contributed by atoms with E-state index in [9.17, 15) is 19.5 Å². The molecule has 2 bridgehead atoms. The summed E-state index contributed by atoms with van der Waals surface area (Å²) >= 11 is 1.58. The zero-order chi connectivity index (χ0) is 28.7. The maximum Gasteiger partial charge on any atom is 0.311 e.